The van der Waals surface area contributed by atoms with Crippen molar-refractivity contribution in [2.45, 2.75) is 20.8 Å². The molecule has 0 aliphatic carbocycles. The molecule has 1 aromatic carbocycles. The molecule has 0 radical (unpaired) electrons. The molecule has 6 nitrogen and oxygen atoms in total. The predicted molar refractivity (Wildman–Crippen MR) is 98.1 cm³/mol. The molecule has 0 saturated carbocycles. The molecular formula is C19H18N6. The van der Waals surface area contributed by atoms with Crippen molar-refractivity contribution in [2.75, 3.05) is 5.73 Å². The molecular weight excluding hydrogens is 312 g/mol. The Morgan fingerprint density at radius 1 is 0.840 bits per heavy atom. The van der Waals surface area contributed by atoms with Gasteiger partial charge in [-0.3, -0.25) is 4.98 Å². The van der Waals surface area contributed by atoms with Gasteiger partial charge in [0.2, 0.25) is 5.95 Å². The van der Waals surface area contributed by atoms with Crippen molar-refractivity contribution >= 4 is 11.6 Å². The monoisotopic (exact) mass is 330 g/mol. The molecule has 2 N–H and O–H groups in total. The molecule has 0 atom stereocenters. The molecule has 3 aromatic heterocycles. The largest absolute Gasteiger partial charge is 0.368 e. The van der Waals surface area contributed by atoms with Crippen molar-refractivity contribution in [1.82, 2.24) is 24.6 Å². The minimum atomic E-state index is 0.320. The van der Waals surface area contributed by atoms with Crippen molar-refractivity contribution < 1.29 is 0 Å². The number of hydrogen-bond acceptors (Lipinski definition) is 5. The van der Waals surface area contributed by atoms with Crippen LogP contribution >= 0.6 is 0 Å². The first kappa shape index (κ1) is 15.3. The highest BCUT2D eigenvalue weighted by Gasteiger charge is 2.19. The lowest BCUT2D eigenvalue weighted by Gasteiger charge is -2.13. The van der Waals surface area contributed by atoms with Crippen molar-refractivity contribution in [3.8, 4) is 22.4 Å². The minimum absolute atomic E-state index is 0.320. The third-order valence-electron chi connectivity index (χ3n) is 4.03. The number of nitrogens with zero attached hydrogens (tertiary/aromatic N) is 5. The Hall–Kier alpha value is -3.28. The number of aryl methyl sites for hydroxylation is 3. The molecule has 6 heteroatoms. The fourth-order valence-corrected chi connectivity index (χ4v) is 3.11. The van der Waals surface area contributed by atoms with Gasteiger partial charge in [-0.1, -0.05) is 30.3 Å². The van der Waals surface area contributed by atoms with E-state index >= 15 is 0 Å². The average Bonchev–Trinajstić information content (AvgIpc) is 2.96. The van der Waals surface area contributed by atoms with Crippen LogP contribution in [-0.4, -0.2) is 24.6 Å². The van der Waals surface area contributed by atoms with Crippen molar-refractivity contribution in [3.05, 3.63) is 59.7 Å². The molecule has 4 rings (SSSR count). The normalized spacial score (nSPS) is 11.2. The molecule has 0 bridgehead atoms. The lowest BCUT2D eigenvalue weighted by atomic mass is 9.99. The molecule has 0 amide bonds. The van der Waals surface area contributed by atoms with E-state index in [0.717, 1.165) is 33.8 Å². The Labute approximate surface area is 145 Å². The molecule has 0 spiro atoms. The van der Waals surface area contributed by atoms with Gasteiger partial charge in [-0.25, -0.2) is 9.97 Å². The van der Waals surface area contributed by atoms with Crippen LogP contribution in [0.5, 0.6) is 0 Å². The van der Waals surface area contributed by atoms with Crippen LogP contribution in [0.2, 0.25) is 0 Å². The molecule has 124 valence electrons. The second-order valence-corrected chi connectivity index (χ2v) is 6.09. The number of pyridine rings is 1. The Morgan fingerprint density at radius 3 is 2.20 bits per heavy atom. The lowest BCUT2D eigenvalue weighted by Crippen LogP contribution is -2.06. The van der Waals surface area contributed by atoms with Crippen LogP contribution < -0.4 is 5.73 Å². The van der Waals surface area contributed by atoms with Crippen LogP contribution in [0.25, 0.3) is 28.0 Å². The first-order valence-electron chi connectivity index (χ1n) is 8.07. The van der Waals surface area contributed by atoms with Gasteiger partial charge in [0.15, 0.2) is 5.65 Å². The number of aromatic nitrogens is 5. The van der Waals surface area contributed by atoms with E-state index in [2.05, 4.69) is 20.1 Å². The Bertz CT molecular complexity index is 1060. The van der Waals surface area contributed by atoms with Crippen LogP contribution in [0.3, 0.4) is 0 Å². The highest BCUT2D eigenvalue weighted by Crippen LogP contribution is 2.35. The third-order valence-corrected chi connectivity index (χ3v) is 4.03. The molecule has 0 unspecified atom stereocenters. The zero-order valence-corrected chi connectivity index (χ0v) is 14.4. The number of benzene rings is 1. The van der Waals surface area contributed by atoms with Gasteiger partial charge in [0.25, 0.3) is 0 Å². The molecule has 0 aliphatic rings. The van der Waals surface area contributed by atoms with E-state index in [1.807, 2.05) is 63.2 Å². The van der Waals surface area contributed by atoms with Crippen LogP contribution in [0.1, 0.15) is 17.2 Å². The Morgan fingerprint density at radius 2 is 1.52 bits per heavy atom. The summed E-state index contributed by atoms with van der Waals surface area (Å²) in [6.45, 7) is 5.81. The van der Waals surface area contributed by atoms with Gasteiger partial charge in [-0.05, 0) is 38.5 Å². The summed E-state index contributed by atoms with van der Waals surface area (Å²) in [6.07, 6.45) is 0. The van der Waals surface area contributed by atoms with Crippen molar-refractivity contribution in [2.24, 2.45) is 0 Å². The molecule has 3 heterocycles. The predicted octanol–water partition coefficient (Wildman–Crippen LogP) is 3.36. The zero-order chi connectivity index (χ0) is 17.6. The van der Waals surface area contributed by atoms with Gasteiger partial charge < -0.3 is 5.73 Å². The summed E-state index contributed by atoms with van der Waals surface area (Å²) in [5.41, 5.74) is 12.4. The Kier molecular flexibility index (Phi) is 3.46. The number of rotatable bonds is 2. The van der Waals surface area contributed by atoms with Crippen LogP contribution in [0, 0.1) is 20.8 Å². The highest BCUT2D eigenvalue weighted by molar-refractivity contribution is 5.90. The minimum Gasteiger partial charge on any atom is -0.368 e. The third kappa shape index (κ3) is 2.61. The summed E-state index contributed by atoms with van der Waals surface area (Å²) >= 11 is 0. The molecule has 25 heavy (non-hydrogen) atoms. The summed E-state index contributed by atoms with van der Waals surface area (Å²) in [4.78, 5) is 13.7. The quantitative estimate of drug-likeness (QED) is 0.609. The van der Waals surface area contributed by atoms with E-state index < -0.39 is 0 Å². The standard InChI is InChI=1S/C19H18N6/c1-11-9-15(10-12(2)21-11)16-17(14-7-5-4-6-8-14)23-19(20)25-18(16)22-13(3)24-25/h4-10H,1-3H3,(H2,20,23). The van der Waals surface area contributed by atoms with Gasteiger partial charge >= 0.3 is 0 Å². The summed E-state index contributed by atoms with van der Waals surface area (Å²) in [5.74, 6) is 0.975. The summed E-state index contributed by atoms with van der Waals surface area (Å²) in [7, 11) is 0. The van der Waals surface area contributed by atoms with Crippen molar-refractivity contribution in [1.29, 1.82) is 0 Å². The van der Waals surface area contributed by atoms with Gasteiger partial charge in [0, 0.05) is 17.0 Å². The maximum Gasteiger partial charge on any atom is 0.223 e. The van der Waals surface area contributed by atoms with Crippen LogP contribution in [0.4, 0.5) is 5.95 Å². The fourth-order valence-electron chi connectivity index (χ4n) is 3.11. The van der Waals surface area contributed by atoms with Gasteiger partial charge in [-0.2, -0.15) is 4.52 Å². The smallest absolute Gasteiger partial charge is 0.223 e. The maximum absolute atomic E-state index is 6.15. The van der Waals surface area contributed by atoms with E-state index in [4.69, 9.17) is 5.73 Å². The van der Waals surface area contributed by atoms with Crippen LogP contribution in [-0.2, 0) is 0 Å². The number of nitrogen functional groups attached to an aromatic ring is 1. The molecule has 4 aromatic rings. The summed E-state index contributed by atoms with van der Waals surface area (Å²) in [6, 6.07) is 14.1. The van der Waals surface area contributed by atoms with E-state index in [0.29, 0.717) is 17.4 Å². The average molecular weight is 330 g/mol. The van der Waals surface area contributed by atoms with Gasteiger partial charge in [0.05, 0.1) is 11.3 Å². The first-order valence-corrected chi connectivity index (χ1v) is 8.07. The molecule has 0 aliphatic heterocycles. The number of anilines is 1. The fraction of sp³-hybridized carbons (Fsp3) is 0.158. The Balaban J connectivity index is 2.14. The maximum atomic E-state index is 6.15. The number of fused-ring (bicyclic) bond motifs is 1. The molecule has 0 fully saturated rings. The second kappa shape index (κ2) is 5.66. The summed E-state index contributed by atoms with van der Waals surface area (Å²) < 4.78 is 1.60. The first-order chi connectivity index (χ1) is 12.0. The van der Waals surface area contributed by atoms with E-state index in [1.54, 1.807) is 4.52 Å². The second-order valence-electron chi connectivity index (χ2n) is 6.09. The van der Waals surface area contributed by atoms with Crippen molar-refractivity contribution in [3.63, 3.8) is 0 Å². The number of hydrogen-bond donors (Lipinski definition) is 1. The van der Waals surface area contributed by atoms with E-state index in [-0.39, 0.29) is 0 Å². The summed E-state index contributed by atoms with van der Waals surface area (Å²) in [5, 5.41) is 4.38. The highest BCUT2D eigenvalue weighted by atomic mass is 15.3. The zero-order valence-electron chi connectivity index (χ0n) is 14.4. The number of nitrogens with two attached hydrogens (primary N) is 1. The molecule has 0 saturated heterocycles. The van der Waals surface area contributed by atoms with Crippen LogP contribution in [0.15, 0.2) is 42.5 Å². The van der Waals surface area contributed by atoms with E-state index in [1.165, 1.54) is 0 Å². The topological polar surface area (TPSA) is 82.0 Å². The van der Waals surface area contributed by atoms with Gasteiger partial charge in [-0.15, -0.1) is 5.10 Å². The van der Waals surface area contributed by atoms with Gasteiger partial charge in [0.1, 0.15) is 5.82 Å². The SMILES string of the molecule is Cc1cc(-c2c(-c3ccccc3)nc(N)n3nc(C)nc23)cc(C)n1. The van der Waals surface area contributed by atoms with E-state index in [9.17, 15) is 0 Å². The lowest BCUT2D eigenvalue weighted by molar-refractivity contribution is 0.917.